The summed E-state index contributed by atoms with van der Waals surface area (Å²) in [6, 6.07) is 3.76. The Morgan fingerprint density at radius 3 is 2.00 bits per heavy atom. The highest BCUT2D eigenvalue weighted by Gasteiger charge is 2.38. The Morgan fingerprint density at radius 1 is 1.19 bits per heavy atom. The van der Waals surface area contributed by atoms with Crippen LogP contribution in [0.1, 0.15) is 39.5 Å². The van der Waals surface area contributed by atoms with Crippen molar-refractivity contribution in [3.05, 3.63) is 0 Å². The van der Waals surface area contributed by atoms with E-state index in [1.54, 1.807) is 0 Å². The summed E-state index contributed by atoms with van der Waals surface area (Å²) in [5, 5.41) is 9.34. The zero-order chi connectivity index (χ0) is 12.3. The highest BCUT2D eigenvalue weighted by molar-refractivity contribution is 5.10. The van der Waals surface area contributed by atoms with Gasteiger partial charge in [0.15, 0.2) is 0 Å². The third-order valence-electron chi connectivity index (χ3n) is 4.24. The fraction of sp³-hybridized carbons (Fsp3) is 0.923. The summed E-state index contributed by atoms with van der Waals surface area (Å²) in [6.45, 7) is 4.47. The lowest BCUT2D eigenvalue weighted by Gasteiger charge is -2.43. The van der Waals surface area contributed by atoms with Crippen LogP contribution in [0.4, 0.5) is 0 Å². The molecule has 92 valence electrons. The molecule has 1 saturated carbocycles. The fourth-order valence-electron chi connectivity index (χ4n) is 2.57. The number of nitriles is 1. The quantitative estimate of drug-likeness (QED) is 0.734. The van der Waals surface area contributed by atoms with Crippen LogP contribution < -0.4 is 0 Å². The predicted molar refractivity (Wildman–Crippen MR) is 67.2 cm³/mol. The fourth-order valence-corrected chi connectivity index (χ4v) is 2.57. The van der Waals surface area contributed by atoms with Crippen molar-refractivity contribution in [2.45, 2.75) is 57.2 Å². The van der Waals surface area contributed by atoms with E-state index >= 15 is 0 Å². The van der Waals surface area contributed by atoms with Gasteiger partial charge in [-0.2, -0.15) is 5.26 Å². The average Bonchev–Trinajstić information content (AvgIpc) is 2.27. The highest BCUT2D eigenvalue weighted by Crippen LogP contribution is 2.33. The summed E-state index contributed by atoms with van der Waals surface area (Å²) >= 11 is 0. The predicted octanol–water partition coefficient (Wildman–Crippen LogP) is 2.09. The molecule has 1 fully saturated rings. The van der Waals surface area contributed by atoms with Gasteiger partial charge in [0, 0.05) is 12.1 Å². The zero-order valence-electron chi connectivity index (χ0n) is 11.3. The molecule has 3 nitrogen and oxygen atoms in total. The van der Waals surface area contributed by atoms with Crippen molar-refractivity contribution in [3.8, 4) is 6.07 Å². The summed E-state index contributed by atoms with van der Waals surface area (Å²) in [6.07, 6.45) is 4.28. The van der Waals surface area contributed by atoms with Crippen molar-refractivity contribution in [2.24, 2.45) is 0 Å². The molecule has 0 unspecified atom stereocenters. The van der Waals surface area contributed by atoms with Crippen LogP contribution in [0.15, 0.2) is 0 Å². The largest absolute Gasteiger partial charge is 0.301 e. The van der Waals surface area contributed by atoms with Gasteiger partial charge in [0.1, 0.15) is 5.54 Å². The monoisotopic (exact) mass is 223 g/mol. The molecule has 1 rings (SSSR count). The molecule has 0 N–H and O–H groups in total. The lowest BCUT2D eigenvalue weighted by atomic mass is 9.79. The Labute approximate surface area is 100 Å². The molecular formula is C13H25N3. The summed E-state index contributed by atoms with van der Waals surface area (Å²) in [5.74, 6) is 0. The van der Waals surface area contributed by atoms with Gasteiger partial charge in [-0.25, -0.2) is 0 Å². The molecule has 0 aromatic carbocycles. The average molecular weight is 223 g/mol. The van der Waals surface area contributed by atoms with Crippen LogP contribution in [-0.4, -0.2) is 48.6 Å². The van der Waals surface area contributed by atoms with Gasteiger partial charge < -0.3 is 4.90 Å². The van der Waals surface area contributed by atoms with E-state index in [-0.39, 0.29) is 5.54 Å². The van der Waals surface area contributed by atoms with Crippen LogP contribution in [0.3, 0.4) is 0 Å². The third kappa shape index (κ3) is 2.56. The molecule has 1 aliphatic carbocycles. The molecule has 3 heteroatoms. The van der Waals surface area contributed by atoms with Crippen molar-refractivity contribution in [3.63, 3.8) is 0 Å². The molecule has 0 radical (unpaired) electrons. The van der Waals surface area contributed by atoms with Gasteiger partial charge >= 0.3 is 0 Å². The summed E-state index contributed by atoms with van der Waals surface area (Å²) < 4.78 is 0. The molecule has 0 spiro atoms. The lowest BCUT2D eigenvalue weighted by molar-refractivity contribution is 0.0849. The van der Waals surface area contributed by atoms with E-state index in [9.17, 15) is 5.26 Å². The van der Waals surface area contributed by atoms with Gasteiger partial charge in [-0.05, 0) is 60.7 Å². The molecule has 0 saturated heterocycles. The van der Waals surface area contributed by atoms with Crippen LogP contribution in [0.25, 0.3) is 0 Å². The Balaban J connectivity index is 2.60. The maximum absolute atomic E-state index is 9.34. The topological polar surface area (TPSA) is 30.3 Å². The minimum Gasteiger partial charge on any atom is -0.301 e. The van der Waals surface area contributed by atoms with Gasteiger partial charge in [-0.3, -0.25) is 4.90 Å². The molecule has 0 aromatic rings. The number of hydrogen-bond acceptors (Lipinski definition) is 3. The molecule has 0 bridgehead atoms. The standard InChI is InChI=1S/C13H25N3/c1-11(2)16(5)12-6-8-13(10-14,9-7-12)15(3)4/h11-12H,6-9H2,1-5H3. The second-order valence-corrected chi connectivity index (χ2v) is 5.53. The normalized spacial score (nSPS) is 31.1. The van der Waals surface area contributed by atoms with E-state index < -0.39 is 0 Å². The van der Waals surface area contributed by atoms with E-state index in [2.05, 4.69) is 36.8 Å². The summed E-state index contributed by atoms with van der Waals surface area (Å²) in [7, 11) is 6.25. The van der Waals surface area contributed by atoms with Crippen molar-refractivity contribution >= 4 is 0 Å². The second-order valence-electron chi connectivity index (χ2n) is 5.53. The van der Waals surface area contributed by atoms with E-state index in [1.165, 1.54) is 0 Å². The van der Waals surface area contributed by atoms with Crippen molar-refractivity contribution in [1.82, 2.24) is 9.80 Å². The molecule has 0 heterocycles. The minimum atomic E-state index is -0.214. The molecule has 16 heavy (non-hydrogen) atoms. The van der Waals surface area contributed by atoms with Crippen LogP contribution in [0, 0.1) is 11.3 Å². The number of rotatable bonds is 3. The first-order chi connectivity index (χ1) is 7.43. The molecule has 0 aromatic heterocycles. The summed E-state index contributed by atoms with van der Waals surface area (Å²) in [4.78, 5) is 4.54. The molecule has 0 amide bonds. The van der Waals surface area contributed by atoms with Gasteiger partial charge in [0.25, 0.3) is 0 Å². The van der Waals surface area contributed by atoms with Crippen molar-refractivity contribution in [2.75, 3.05) is 21.1 Å². The maximum Gasteiger partial charge on any atom is 0.108 e. The van der Waals surface area contributed by atoms with Crippen LogP contribution in [0.5, 0.6) is 0 Å². The first-order valence-corrected chi connectivity index (χ1v) is 6.23. The Morgan fingerprint density at radius 2 is 1.69 bits per heavy atom. The number of nitrogens with zero attached hydrogens (tertiary/aromatic N) is 3. The Bertz CT molecular complexity index is 257. The minimum absolute atomic E-state index is 0.214. The zero-order valence-corrected chi connectivity index (χ0v) is 11.3. The molecule has 0 aliphatic heterocycles. The van der Waals surface area contributed by atoms with E-state index in [1.807, 2.05) is 14.1 Å². The maximum atomic E-state index is 9.34. The molecule has 0 atom stereocenters. The van der Waals surface area contributed by atoms with Gasteiger partial charge in [0.2, 0.25) is 0 Å². The van der Waals surface area contributed by atoms with Crippen molar-refractivity contribution < 1.29 is 0 Å². The molecule has 1 aliphatic rings. The third-order valence-corrected chi connectivity index (χ3v) is 4.24. The van der Waals surface area contributed by atoms with Crippen LogP contribution >= 0.6 is 0 Å². The van der Waals surface area contributed by atoms with Gasteiger partial charge in [-0.15, -0.1) is 0 Å². The molecular weight excluding hydrogens is 198 g/mol. The summed E-state index contributed by atoms with van der Waals surface area (Å²) in [5.41, 5.74) is -0.214. The first kappa shape index (κ1) is 13.5. The van der Waals surface area contributed by atoms with E-state index in [0.29, 0.717) is 12.1 Å². The Kier molecular flexibility index (Phi) is 4.35. The van der Waals surface area contributed by atoms with Crippen LogP contribution in [-0.2, 0) is 0 Å². The lowest BCUT2D eigenvalue weighted by Crippen LogP contribution is -2.50. The second kappa shape index (κ2) is 5.16. The van der Waals surface area contributed by atoms with Gasteiger partial charge in [0.05, 0.1) is 6.07 Å². The number of hydrogen-bond donors (Lipinski definition) is 0. The SMILES string of the molecule is CC(C)N(C)C1CCC(C#N)(N(C)C)CC1. The van der Waals surface area contributed by atoms with Crippen LogP contribution in [0.2, 0.25) is 0 Å². The van der Waals surface area contributed by atoms with Crippen molar-refractivity contribution in [1.29, 1.82) is 5.26 Å². The first-order valence-electron chi connectivity index (χ1n) is 6.23. The van der Waals surface area contributed by atoms with E-state index in [4.69, 9.17) is 0 Å². The van der Waals surface area contributed by atoms with Gasteiger partial charge in [-0.1, -0.05) is 0 Å². The smallest absolute Gasteiger partial charge is 0.108 e. The highest BCUT2D eigenvalue weighted by atomic mass is 15.2. The Hall–Kier alpha value is -0.590. The van der Waals surface area contributed by atoms with E-state index in [0.717, 1.165) is 25.7 Å².